The van der Waals surface area contributed by atoms with Crippen molar-refractivity contribution in [1.82, 2.24) is 9.88 Å². The highest BCUT2D eigenvalue weighted by Crippen LogP contribution is 2.31. The smallest absolute Gasteiger partial charge is 0.328 e. The van der Waals surface area contributed by atoms with Gasteiger partial charge in [0.2, 0.25) is 0 Å². The van der Waals surface area contributed by atoms with Crippen LogP contribution in [0.5, 0.6) is 0 Å². The molecule has 1 atom stereocenters. The number of likely N-dealkylation sites (tertiary alicyclic amines) is 1. The lowest BCUT2D eigenvalue weighted by Crippen LogP contribution is -2.34. The number of rotatable bonds is 4. The Morgan fingerprint density at radius 1 is 1.24 bits per heavy atom. The Balaban J connectivity index is 0.000000242. The Morgan fingerprint density at radius 2 is 1.96 bits per heavy atom. The van der Waals surface area contributed by atoms with Crippen LogP contribution in [0.15, 0.2) is 42.6 Å². The Hall–Kier alpha value is -2.60. The Bertz CT molecular complexity index is 735. The fourth-order valence-electron chi connectivity index (χ4n) is 3.20. The molecule has 6 nitrogen and oxygen atoms in total. The van der Waals surface area contributed by atoms with Crippen molar-refractivity contribution in [1.29, 1.82) is 0 Å². The third-order valence-electron chi connectivity index (χ3n) is 4.39. The zero-order valence-corrected chi connectivity index (χ0v) is 14.3. The van der Waals surface area contributed by atoms with Crippen molar-refractivity contribution in [2.75, 3.05) is 19.6 Å². The van der Waals surface area contributed by atoms with Gasteiger partial charge in [-0.05, 0) is 49.5 Å². The number of nitrogens with one attached hydrogen (secondary N) is 1. The molecule has 6 heteroatoms. The van der Waals surface area contributed by atoms with E-state index in [4.69, 9.17) is 10.2 Å². The van der Waals surface area contributed by atoms with Gasteiger partial charge in [-0.2, -0.15) is 0 Å². The number of carboxylic acid groups (broad SMARTS) is 2. The first-order valence-corrected chi connectivity index (χ1v) is 8.43. The first-order valence-electron chi connectivity index (χ1n) is 8.43. The number of aromatic nitrogens is 1. The molecule has 1 saturated heterocycles. The first kappa shape index (κ1) is 18.7. The monoisotopic (exact) mass is 344 g/mol. The molecule has 0 spiro atoms. The summed E-state index contributed by atoms with van der Waals surface area (Å²) < 4.78 is 0. The van der Waals surface area contributed by atoms with E-state index in [1.807, 2.05) is 0 Å². The van der Waals surface area contributed by atoms with Crippen molar-refractivity contribution < 1.29 is 19.8 Å². The molecular weight excluding hydrogens is 320 g/mol. The van der Waals surface area contributed by atoms with E-state index in [2.05, 4.69) is 47.3 Å². The molecule has 2 aromatic rings. The molecule has 1 unspecified atom stereocenters. The molecule has 134 valence electrons. The second-order valence-electron chi connectivity index (χ2n) is 6.03. The van der Waals surface area contributed by atoms with Gasteiger partial charge < -0.3 is 20.1 Å². The lowest BCUT2D eigenvalue weighted by molar-refractivity contribution is -0.134. The van der Waals surface area contributed by atoms with E-state index in [0.29, 0.717) is 18.1 Å². The lowest BCUT2D eigenvalue weighted by Gasteiger charge is -2.32. The van der Waals surface area contributed by atoms with Crippen molar-refractivity contribution >= 4 is 22.8 Å². The second kappa shape index (κ2) is 9.03. The summed E-state index contributed by atoms with van der Waals surface area (Å²) in [4.78, 5) is 25.0. The predicted octanol–water partition coefficient (Wildman–Crippen LogP) is 3.08. The van der Waals surface area contributed by atoms with Gasteiger partial charge in [0.05, 0.1) is 0 Å². The van der Waals surface area contributed by atoms with Gasteiger partial charge in [-0.15, -0.1) is 0 Å². The molecule has 1 aliphatic heterocycles. The van der Waals surface area contributed by atoms with Gasteiger partial charge in [0, 0.05) is 35.8 Å². The number of nitrogens with zero attached hydrogens (tertiary/aromatic N) is 1. The molecule has 0 aliphatic carbocycles. The number of aromatic amines is 1. The molecular formula is C19H24N2O4. The summed E-state index contributed by atoms with van der Waals surface area (Å²) in [7, 11) is 0. The molecule has 0 bridgehead atoms. The number of piperidine rings is 1. The number of hydrogen-bond acceptors (Lipinski definition) is 3. The number of likely N-dealkylation sites (N-methyl/N-ethyl adjacent to an activating group) is 1. The molecule has 25 heavy (non-hydrogen) atoms. The van der Waals surface area contributed by atoms with Gasteiger partial charge in [-0.3, -0.25) is 0 Å². The quantitative estimate of drug-likeness (QED) is 0.741. The summed E-state index contributed by atoms with van der Waals surface area (Å²) in [6.07, 6.45) is 5.83. The van der Waals surface area contributed by atoms with E-state index in [-0.39, 0.29) is 0 Å². The standard InChI is InChI=1S/C15H20N2.C4H4O4/c1-2-17-10-4-5-12(11-17)13-6-3-7-15-14(13)8-9-16-15;5-3(6)1-2-4(7)8/h3,6-9,12,16H,2,4-5,10-11H2,1H3;1-2H,(H,5,6)(H,7,8). The summed E-state index contributed by atoms with van der Waals surface area (Å²) in [5.41, 5.74) is 2.80. The van der Waals surface area contributed by atoms with E-state index in [1.54, 1.807) is 0 Å². The van der Waals surface area contributed by atoms with E-state index in [9.17, 15) is 9.59 Å². The van der Waals surface area contributed by atoms with Crippen LogP contribution in [-0.2, 0) is 9.59 Å². The predicted molar refractivity (Wildman–Crippen MR) is 96.8 cm³/mol. The van der Waals surface area contributed by atoms with Crippen LogP contribution in [0.3, 0.4) is 0 Å². The van der Waals surface area contributed by atoms with E-state index >= 15 is 0 Å². The van der Waals surface area contributed by atoms with E-state index < -0.39 is 11.9 Å². The molecule has 3 N–H and O–H groups in total. The number of benzene rings is 1. The summed E-state index contributed by atoms with van der Waals surface area (Å²) in [6, 6.07) is 8.87. The van der Waals surface area contributed by atoms with Crippen molar-refractivity contribution in [3.63, 3.8) is 0 Å². The Morgan fingerprint density at radius 3 is 2.60 bits per heavy atom. The molecule has 1 aromatic heterocycles. The van der Waals surface area contributed by atoms with Gasteiger partial charge >= 0.3 is 11.9 Å². The topological polar surface area (TPSA) is 93.6 Å². The van der Waals surface area contributed by atoms with Crippen LogP contribution in [0.1, 0.15) is 31.2 Å². The van der Waals surface area contributed by atoms with Crippen molar-refractivity contribution in [3.8, 4) is 0 Å². The zero-order valence-electron chi connectivity index (χ0n) is 14.3. The van der Waals surface area contributed by atoms with Crippen molar-refractivity contribution in [3.05, 3.63) is 48.2 Å². The van der Waals surface area contributed by atoms with Crippen molar-refractivity contribution in [2.24, 2.45) is 0 Å². The van der Waals surface area contributed by atoms with Crippen molar-refractivity contribution in [2.45, 2.75) is 25.7 Å². The maximum absolute atomic E-state index is 9.55. The fourth-order valence-corrected chi connectivity index (χ4v) is 3.20. The molecule has 3 rings (SSSR count). The highest BCUT2D eigenvalue weighted by Gasteiger charge is 2.21. The third kappa shape index (κ3) is 5.46. The van der Waals surface area contributed by atoms with Gasteiger partial charge in [0.25, 0.3) is 0 Å². The fraction of sp³-hybridized carbons (Fsp3) is 0.368. The van der Waals surface area contributed by atoms with Crippen LogP contribution in [0.25, 0.3) is 10.9 Å². The zero-order chi connectivity index (χ0) is 18.2. The summed E-state index contributed by atoms with van der Waals surface area (Å²) >= 11 is 0. The average Bonchev–Trinajstić information content (AvgIpc) is 3.09. The highest BCUT2D eigenvalue weighted by molar-refractivity contribution is 5.89. The summed E-state index contributed by atoms with van der Waals surface area (Å²) in [5.74, 6) is -1.80. The number of carbonyl (C=O) groups is 2. The molecule has 0 amide bonds. The molecule has 0 saturated carbocycles. The molecule has 1 fully saturated rings. The van der Waals surface area contributed by atoms with Crippen LogP contribution in [-0.4, -0.2) is 51.7 Å². The summed E-state index contributed by atoms with van der Waals surface area (Å²) in [5, 5.41) is 17.0. The Labute approximate surface area is 146 Å². The van der Waals surface area contributed by atoms with E-state index in [1.165, 1.54) is 48.9 Å². The number of aliphatic carboxylic acids is 2. The highest BCUT2D eigenvalue weighted by atomic mass is 16.4. The second-order valence-corrected chi connectivity index (χ2v) is 6.03. The maximum atomic E-state index is 9.55. The lowest BCUT2D eigenvalue weighted by atomic mass is 9.88. The van der Waals surface area contributed by atoms with Crippen LogP contribution < -0.4 is 0 Å². The van der Waals surface area contributed by atoms with Crippen LogP contribution in [0, 0.1) is 0 Å². The number of hydrogen-bond donors (Lipinski definition) is 3. The van der Waals surface area contributed by atoms with Gasteiger partial charge in [-0.25, -0.2) is 9.59 Å². The van der Waals surface area contributed by atoms with Crippen LogP contribution in [0.2, 0.25) is 0 Å². The molecule has 1 aromatic carbocycles. The number of carboxylic acids is 2. The number of H-pyrrole nitrogens is 1. The minimum absolute atomic E-state index is 0.558. The molecule has 0 radical (unpaired) electrons. The summed E-state index contributed by atoms with van der Waals surface area (Å²) in [6.45, 7) is 5.94. The third-order valence-corrected chi connectivity index (χ3v) is 4.39. The van der Waals surface area contributed by atoms with Gasteiger partial charge in [0.1, 0.15) is 0 Å². The van der Waals surface area contributed by atoms with Crippen LogP contribution >= 0.6 is 0 Å². The maximum Gasteiger partial charge on any atom is 0.328 e. The largest absolute Gasteiger partial charge is 0.478 e. The van der Waals surface area contributed by atoms with Gasteiger partial charge in [0.15, 0.2) is 0 Å². The average molecular weight is 344 g/mol. The van der Waals surface area contributed by atoms with Crippen LogP contribution in [0.4, 0.5) is 0 Å². The normalized spacial score (nSPS) is 18.0. The minimum Gasteiger partial charge on any atom is -0.478 e. The molecule has 1 aliphatic rings. The molecule has 2 heterocycles. The first-order chi connectivity index (χ1) is 12.0. The number of fused-ring (bicyclic) bond motifs is 1. The minimum atomic E-state index is -1.26. The van der Waals surface area contributed by atoms with Gasteiger partial charge in [-0.1, -0.05) is 19.1 Å². The van der Waals surface area contributed by atoms with E-state index in [0.717, 1.165) is 0 Å². The Kier molecular flexibility index (Phi) is 6.77. The SMILES string of the molecule is CCN1CCCC(c2cccc3[nH]ccc23)C1.O=C(O)C=CC(=O)O.